The summed E-state index contributed by atoms with van der Waals surface area (Å²) in [5.74, 6) is 0.838. The van der Waals surface area contributed by atoms with Gasteiger partial charge in [0.05, 0.1) is 5.41 Å². The van der Waals surface area contributed by atoms with Crippen LogP contribution in [-0.4, -0.2) is 30.9 Å². The monoisotopic (exact) mass is 212 g/mol. The third kappa shape index (κ3) is 2.51. The largest absolute Gasteiger partial charge is 0.345 e. The molecule has 0 aromatic rings. The van der Waals surface area contributed by atoms with E-state index < -0.39 is 0 Å². The highest BCUT2D eigenvalue weighted by atomic mass is 16.2. The maximum absolute atomic E-state index is 12.2. The number of carbonyl (C=O) groups is 1. The van der Waals surface area contributed by atoms with E-state index >= 15 is 0 Å². The van der Waals surface area contributed by atoms with E-state index in [1.54, 1.807) is 0 Å². The van der Waals surface area contributed by atoms with E-state index in [-0.39, 0.29) is 11.3 Å². The average molecular weight is 212 g/mol. The second-order valence-electron chi connectivity index (χ2n) is 5.04. The lowest BCUT2D eigenvalue weighted by Gasteiger charge is -2.42. The van der Waals surface area contributed by atoms with Crippen molar-refractivity contribution in [1.82, 2.24) is 4.90 Å². The zero-order valence-electron chi connectivity index (χ0n) is 10.3. The van der Waals surface area contributed by atoms with Gasteiger partial charge in [0.25, 0.3) is 0 Å². The smallest absolute Gasteiger partial charge is 0.229 e. The van der Waals surface area contributed by atoms with E-state index in [4.69, 9.17) is 5.73 Å². The predicted molar refractivity (Wildman–Crippen MR) is 62.4 cm³/mol. The highest BCUT2D eigenvalue weighted by molar-refractivity contribution is 5.83. The van der Waals surface area contributed by atoms with Crippen molar-refractivity contribution in [3.63, 3.8) is 0 Å². The summed E-state index contributed by atoms with van der Waals surface area (Å²) in [6.45, 7) is 5.71. The van der Waals surface area contributed by atoms with Crippen LogP contribution in [0.3, 0.4) is 0 Å². The number of hydrogen-bond donors (Lipinski definition) is 1. The molecule has 88 valence electrons. The van der Waals surface area contributed by atoms with Gasteiger partial charge in [0.2, 0.25) is 5.91 Å². The van der Waals surface area contributed by atoms with Crippen LogP contribution in [0.5, 0.6) is 0 Å². The van der Waals surface area contributed by atoms with Crippen molar-refractivity contribution in [2.45, 2.75) is 39.5 Å². The zero-order valence-corrected chi connectivity index (χ0v) is 10.3. The van der Waals surface area contributed by atoms with Gasteiger partial charge in [-0.3, -0.25) is 4.79 Å². The molecule has 1 saturated carbocycles. The van der Waals surface area contributed by atoms with Gasteiger partial charge in [0.1, 0.15) is 0 Å². The Bertz CT molecular complexity index is 218. The molecule has 0 radical (unpaired) electrons. The van der Waals surface area contributed by atoms with Crippen LogP contribution in [0.1, 0.15) is 39.5 Å². The first kappa shape index (κ1) is 12.5. The van der Waals surface area contributed by atoms with Gasteiger partial charge < -0.3 is 10.6 Å². The zero-order chi connectivity index (χ0) is 11.5. The molecule has 3 nitrogen and oxygen atoms in total. The van der Waals surface area contributed by atoms with E-state index in [2.05, 4.69) is 13.8 Å². The van der Waals surface area contributed by atoms with Crippen LogP contribution in [0.2, 0.25) is 0 Å². The molecule has 1 fully saturated rings. The molecule has 15 heavy (non-hydrogen) atoms. The quantitative estimate of drug-likeness (QED) is 0.752. The number of rotatable bonds is 5. The SMILES string of the molecule is CCC(C)CN(C)C(=O)C1(CN)CCC1. The summed E-state index contributed by atoms with van der Waals surface area (Å²) in [5.41, 5.74) is 5.52. The molecule has 0 saturated heterocycles. The molecule has 0 heterocycles. The summed E-state index contributed by atoms with van der Waals surface area (Å²) >= 11 is 0. The third-order valence-electron chi connectivity index (χ3n) is 3.78. The van der Waals surface area contributed by atoms with Crippen LogP contribution >= 0.6 is 0 Å². The van der Waals surface area contributed by atoms with Crippen LogP contribution in [0, 0.1) is 11.3 Å². The fourth-order valence-corrected chi connectivity index (χ4v) is 2.19. The molecule has 0 bridgehead atoms. The molecule has 1 aliphatic carbocycles. The summed E-state index contributed by atoms with van der Waals surface area (Å²) in [5, 5.41) is 0. The van der Waals surface area contributed by atoms with Crippen molar-refractivity contribution >= 4 is 5.91 Å². The van der Waals surface area contributed by atoms with E-state index in [0.29, 0.717) is 12.5 Å². The third-order valence-corrected chi connectivity index (χ3v) is 3.78. The second kappa shape index (κ2) is 4.97. The van der Waals surface area contributed by atoms with Crippen molar-refractivity contribution in [3.05, 3.63) is 0 Å². The Morgan fingerprint density at radius 1 is 1.53 bits per heavy atom. The van der Waals surface area contributed by atoms with E-state index in [0.717, 1.165) is 32.2 Å². The molecular formula is C12H24N2O. The second-order valence-corrected chi connectivity index (χ2v) is 5.04. The number of amides is 1. The Hall–Kier alpha value is -0.570. The Kier molecular flexibility index (Phi) is 4.14. The topological polar surface area (TPSA) is 46.3 Å². The fourth-order valence-electron chi connectivity index (χ4n) is 2.19. The number of hydrogen-bond acceptors (Lipinski definition) is 2. The molecule has 3 heteroatoms. The van der Waals surface area contributed by atoms with Gasteiger partial charge in [-0.25, -0.2) is 0 Å². The maximum Gasteiger partial charge on any atom is 0.229 e. The summed E-state index contributed by atoms with van der Waals surface area (Å²) < 4.78 is 0. The summed E-state index contributed by atoms with van der Waals surface area (Å²) in [4.78, 5) is 14.1. The molecule has 1 unspecified atom stereocenters. The lowest BCUT2D eigenvalue weighted by molar-refractivity contribution is -0.145. The van der Waals surface area contributed by atoms with Gasteiger partial charge in [0.15, 0.2) is 0 Å². The van der Waals surface area contributed by atoms with E-state index in [9.17, 15) is 4.79 Å². The van der Waals surface area contributed by atoms with Gasteiger partial charge >= 0.3 is 0 Å². The molecule has 0 spiro atoms. The highest BCUT2D eigenvalue weighted by Crippen LogP contribution is 2.41. The summed E-state index contributed by atoms with van der Waals surface area (Å²) in [7, 11) is 1.91. The van der Waals surface area contributed by atoms with Crippen LogP contribution in [0.4, 0.5) is 0 Å². The molecule has 0 aromatic heterocycles. The minimum atomic E-state index is -0.206. The van der Waals surface area contributed by atoms with Crippen molar-refractivity contribution in [2.75, 3.05) is 20.1 Å². The Labute approximate surface area is 93.0 Å². The first-order valence-corrected chi connectivity index (χ1v) is 6.01. The lowest BCUT2D eigenvalue weighted by Crippen LogP contribution is -2.51. The minimum Gasteiger partial charge on any atom is -0.345 e. The van der Waals surface area contributed by atoms with Crippen molar-refractivity contribution in [3.8, 4) is 0 Å². The minimum absolute atomic E-state index is 0.206. The average Bonchev–Trinajstić information content (AvgIpc) is 2.16. The summed E-state index contributed by atoms with van der Waals surface area (Å²) in [6.07, 6.45) is 4.23. The molecule has 0 aromatic carbocycles. The van der Waals surface area contributed by atoms with Gasteiger partial charge in [-0.1, -0.05) is 26.7 Å². The number of nitrogens with two attached hydrogens (primary N) is 1. The Balaban J connectivity index is 2.51. The number of nitrogens with zero attached hydrogens (tertiary/aromatic N) is 1. The highest BCUT2D eigenvalue weighted by Gasteiger charge is 2.44. The van der Waals surface area contributed by atoms with Gasteiger partial charge in [-0.05, 0) is 18.8 Å². The molecule has 0 aliphatic heterocycles. The number of carbonyl (C=O) groups excluding carboxylic acids is 1. The van der Waals surface area contributed by atoms with Crippen molar-refractivity contribution in [2.24, 2.45) is 17.1 Å². The molecule has 1 amide bonds. The Morgan fingerprint density at radius 2 is 2.13 bits per heavy atom. The van der Waals surface area contributed by atoms with Crippen LogP contribution < -0.4 is 5.73 Å². The predicted octanol–water partition coefficient (Wildman–Crippen LogP) is 1.62. The van der Waals surface area contributed by atoms with Crippen molar-refractivity contribution in [1.29, 1.82) is 0 Å². The van der Waals surface area contributed by atoms with E-state index in [1.165, 1.54) is 0 Å². The first-order valence-electron chi connectivity index (χ1n) is 6.01. The van der Waals surface area contributed by atoms with Crippen LogP contribution in [-0.2, 0) is 4.79 Å². The van der Waals surface area contributed by atoms with E-state index in [1.807, 2.05) is 11.9 Å². The molecule has 2 N–H and O–H groups in total. The maximum atomic E-state index is 12.2. The lowest BCUT2D eigenvalue weighted by atomic mass is 9.68. The molecule has 1 aliphatic rings. The molecule has 1 rings (SSSR count). The van der Waals surface area contributed by atoms with Crippen LogP contribution in [0.15, 0.2) is 0 Å². The van der Waals surface area contributed by atoms with Gasteiger partial charge in [-0.2, -0.15) is 0 Å². The standard InChI is InChI=1S/C12H24N2O/c1-4-10(2)8-14(3)11(15)12(9-13)6-5-7-12/h10H,4-9,13H2,1-3H3. The molecular weight excluding hydrogens is 188 g/mol. The van der Waals surface area contributed by atoms with Crippen LogP contribution in [0.25, 0.3) is 0 Å². The fraction of sp³-hybridized carbons (Fsp3) is 0.917. The van der Waals surface area contributed by atoms with Gasteiger partial charge in [0, 0.05) is 20.1 Å². The first-order chi connectivity index (χ1) is 7.05. The normalized spacial score (nSPS) is 20.5. The van der Waals surface area contributed by atoms with Gasteiger partial charge in [-0.15, -0.1) is 0 Å². The summed E-state index contributed by atoms with van der Waals surface area (Å²) in [6, 6.07) is 0. The Morgan fingerprint density at radius 3 is 2.47 bits per heavy atom. The molecule has 1 atom stereocenters. The van der Waals surface area contributed by atoms with Crippen molar-refractivity contribution < 1.29 is 4.79 Å².